The van der Waals surface area contributed by atoms with Gasteiger partial charge in [0, 0.05) is 15.4 Å². The minimum Gasteiger partial charge on any atom is -0.507 e. The van der Waals surface area contributed by atoms with Gasteiger partial charge in [0.15, 0.2) is 11.5 Å². The molecule has 5 nitrogen and oxygen atoms in total. The summed E-state index contributed by atoms with van der Waals surface area (Å²) in [5.74, 6) is -0.343. The topological polar surface area (TPSA) is 76.0 Å². The van der Waals surface area contributed by atoms with Crippen LogP contribution >= 0.6 is 15.9 Å². The predicted molar refractivity (Wildman–Crippen MR) is 98.8 cm³/mol. The number of benzene rings is 3. The Morgan fingerprint density at radius 2 is 1.52 bits per heavy atom. The molecule has 3 rings (SSSR count). The zero-order valence-electron chi connectivity index (χ0n) is 13.5. The van der Waals surface area contributed by atoms with Crippen LogP contribution < -0.4 is 9.47 Å². The first-order valence-electron chi connectivity index (χ1n) is 7.37. The van der Waals surface area contributed by atoms with Crippen molar-refractivity contribution in [2.45, 2.75) is 0 Å². The Balaban J connectivity index is 2.46. The predicted octanol–water partition coefficient (Wildman–Crippen LogP) is 4.69. The fourth-order valence-electron chi connectivity index (χ4n) is 2.83. The Kier molecular flexibility index (Phi) is 4.55. The highest BCUT2D eigenvalue weighted by Gasteiger charge is 2.20. The van der Waals surface area contributed by atoms with Crippen molar-refractivity contribution in [2.24, 2.45) is 0 Å². The van der Waals surface area contributed by atoms with Gasteiger partial charge in [0.25, 0.3) is 0 Å². The number of carbonyl (C=O) groups is 1. The van der Waals surface area contributed by atoms with E-state index < -0.39 is 5.97 Å². The second-order valence-corrected chi connectivity index (χ2v) is 6.30. The summed E-state index contributed by atoms with van der Waals surface area (Å²) in [4.78, 5) is 11.8. The Morgan fingerprint density at radius 3 is 2.04 bits per heavy atom. The SMILES string of the molecule is COc1cc2c(O)cc(C(=O)O)c(-c3ccc(Br)cc3)c2cc1OC. The van der Waals surface area contributed by atoms with Crippen molar-refractivity contribution in [3.05, 3.63) is 52.5 Å². The van der Waals surface area contributed by atoms with Gasteiger partial charge >= 0.3 is 5.97 Å². The van der Waals surface area contributed by atoms with Gasteiger partial charge in [-0.1, -0.05) is 28.1 Å². The molecule has 6 heteroatoms. The van der Waals surface area contributed by atoms with Gasteiger partial charge in [0.1, 0.15) is 5.75 Å². The summed E-state index contributed by atoms with van der Waals surface area (Å²) in [5, 5.41) is 21.0. The highest BCUT2D eigenvalue weighted by molar-refractivity contribution is 9.10. The number of carboxylic acid groups (broad SMARTS) is 1. The summed E-state index contributed by atoms with van der Waals surface area (Å²) >= 11 is 3.38. The molecule has 2 N–H and O–H groups in total. The smallest absolute Gasteiger partial charge is 0.336 e. The number of hydrogen-bond donors (Lipinski definition) is 2. The molecule has 0 atom stereocenters. The molecular formula is C19H15BrO5. The molecule has 0 saturated heterocycles. The number of carboxylic acids is 1. The Hall–Kier alpha value is -2.73. The van der Waals surface area contributed by atoms with E-state index >= 15 is 0 Å². The normalized spacial score (nSPS) is 10.7. The van der Waals surface area contributed by atoms with E-state index in [-0.39, 0.29) is 11.3 Å². The average Bonchev–Trinajstić information content (AvgIpc) is 2.61. The summed E-state index contributed by atoms with van der Waals surface area (Å²) in [7, 11) is 3.01. The van der Waals surface area contributed by atoms with E-state index in [0.717, 1.165) is 10.0 Å². The van der Waals surface area contributed by atoms with Crippen LogP contribution in [0.1, 0.15) is 10.4 Å². The minimum absolute atomic E-state index is 0.0135. The first-order valence-corrected chi connectivity index (χ1v) is 8.16. The third-order valence-electron chi connectivity index (χ3n) is 3.98. The molecule has 0 radical (unpaired) electrons. The molecule has 0 fully saturated rings. The lowest BCUT2D eigenvalue weighted by molar-refractivity contribution is 0.0697. The van der Waals surface area contributed by atoms with Crippen molar-refractivity contribution < 1.29 is 24.5 Å². The summed E-state index contributed by atoms with van der Waals surface area (Å²) in [6.45, 7) is 0. The average molecular weight is 403 g/mol. The first-order chi connectivity index (χ1) is 12.0. The Morgan fingerprint density at radius 1 is 0.960 bits per heavy atom. The summed E-state index contributed by atoms with van der Waals surface area (Å²) in [5.41, 5.74) is 1.24. The van der Waals surface area contributed by atoms with E-state index in [4.69, 9.17) is 9.47 Å². The van der Waals surface area contributed by atoms with Crippen LogP contribution in [0.2, 0.25) is 0 Å². The molecule has 25 heavy (non-hydrogen) atoms. The highest BCUT2D eigenvalue weighted by Crippen LogP contribution is 2.42. The summed E-state index contributed by atoms with van der Waals surface area (Å²) in [6.07, 6.45) is 0. The number of halogens is 1. The van der Waals surface area contributed by atoms with Crippen LogP contribution in [-0.2, 0) is 0 Å². The monoisotopic (exact) mass is 402 g/mol. The van der Waals surface area contributed by atoms with E-state index in [9.17, 15) is 15.0 Å². The number of fused-ring (bicyclic) bond motifs is 1. The van der Waals surface area contributed by atoms with E-state index in [1.165, 1.54) is 20.3 Å². The van der Waals surface area contributed by atoms with E-state index in [2.05, 4.69) is 15.9 Å². The number of phenols is 1. The third-order valence-corrected chi connectivity index (χ3v) is 4.51. The lowest BCUT2D eigenvalue weighted by atomic mass is 9.92. The zero-order chi connectivity index (χ0) is 18.1. The van der Waals surface area contributed by atoms with Gasteiger partial charge in [-0.2, -0.15) is 0 Å². The highest BCUT2D eigenvalue weighted by atomic mass is 79.9. The van der Waals surface area contributed by atoms with Crippen LogP contribution in [0, 0.1) is 0 Å². The van der Waals surface area contributed by atoms with Crippen molar-refractivity contribution in [1.29, 1.82) is 0 Å². The molecule has 0 unspecified atom stereocenters. The van der Waals surface area contributed by atoms with E-state index in [0.29, 0.717) is 27.8 Å². The molecule has 3 aromatic carbocycles. The van der Waals surface area contributed by atoms with Gasteiger partial charge in [0.05, 0.1) is 19.8 Å². The van der Waals surface area contributed by atoms with Gasteiger partial charge in [-0.15, -0.1) is 0 Å². The van der Waals surface area contributed by atoms with Crippen LogP contribution in [-0.4, -0.2) is 30.4 Å². The zero-order valence-corrected chi connectivity index (χ0v) is 15.1. The van der Waals surface area contributed by atoms with Crippen LogP contribution in [0.15, 0.2) is 46.9 Å². The molecule has 3 aromatic rings. The number of hydrogen-bond acceptors (Lipinski definition) is 4. The van der Waals surface area contributed by atoms with Gasteiger partial charge in [-0.05, 0) is 41.3 Å². The first kappa shape index (κ1) is 17.1. The maximum Gasteiger partial charge on any atom is 0.336 e. The van der Waals surface area contributed by atoms with Gasteiger partial charge < -0.3 is 19.7 Å². The van der Waals surface area contributed by atoms with Crippen LogP contribution in [0.3, 0.4) is 0 Å². The molecule has 0 spiro atoms. The number of methoxy groups -OCH3 is 2. The summed E-state index contributed by atoms with van der Waals surface area (Å²) in [6, 6.07) is 11.9. The molecule has 0 amide bonds. The number of ether oxygens (including phenoxy) is 2. The van der Waals surface area contributed by atoms with E-state index in [1.807, 2.05) is 24.3 Å². The number of aromatic carboxylic acids is 1. The maximum absolute atomic E-state index is 11.8. The molecule has 0 bridgehead atoms. The second-order valence-electron chi connectivity index (χ2n) is 5.38. The second kappa shape index (κ2) is 6.64. The van der Waals surface area contributed by atoms with Gasteiger partial charge in [-0.3, -0.25) is 0 Å². The lowest BCUT2D eigenvalue weighted by Crippen LogP contribution is -2.01. The van der Waals surface area contributed by atoms with Crippen molar-refractivity contribution >= 4 is 32.7 Å². The lowest BCUT2D eigenvalue weighted by Gasteiger charge is -2.15. The molecule has 0 saturated carbocycles. The molecule has 128 valence electrons. The van der Waals surface area contributed by atoms with Gasteiger partial charge in [-0.25, -0.2) is 4.79 Å². The van der Waals surface area contributed by atoms with Gasteiger partial charge in [0.2, 0.25) is 0 Å². The Labute approximate surface area is 152 Å². The third kappa shape index (κ3) is 3.00. The molecule has 0 aliphatic heterocycles. The van der Waals surface area contributed by atoms with E-state index in [1.54, 1.807) is 12.1 Å². The standard InChI is InChI=1S/C19H15BrO5/c1-24-16-8-12-13(9-17(16)25-2)18(10-3-5-11(20)6-4-10)14(19(22)23)7-15(12)21/h3-9,21H,1-2H3,(H,22,23). The van der Waals surface area contributed by atoms with Crippen LogP contribution in [0.25, 0.3) is 21.9 Å². The minimum atomic E-state index is -1.12. The van der Waals surface area contributed by atoms with Crippen molar-refractivity contribution in [2.75, 3.05) is 14.2 Å². The van der Waals surface area contributed by atoms with Crippen LogP contribution in [0.5, 0.6) is 17.2 Å². The number of phenolic OH excluding ortho intramolecular Hbond substituents is 1. The number of rotatable bonds is 4. The van der Waals surface area contributed by atoms with Crippen molar-refractivity contribution in [3.8, 4) is 28.4 Å². The Bertz CT molecular complexity index is 964. The molecule has 0 aliphatic carbocycles. The number of aromatic hydroxyl groups is 1. The fraction of sp³-hybridized carbons (Fsp3) is 0.105. The van der Waals surface area contributed by atoms with Crippen molar-refractivity contribution in [1.82, 2.24) is 0 Å². The van der Waals surface area contributed by atoms with Crippen LogP contribution in [0.4, 0.5) is 0 Å². The largest absolute Gasteiger partial charge is 0.507 e. The molecule has 0 aliphatic rings. The molecular weight excluding hydrogens is 388 g/mol. The quantitative estimate of drug-likeness (QED) is 0.661. The molecule has 0 aromatic heterocycles. The summed E-state index contributed by atoms with van der Waals surface area (Å²) < 4.78 is 11.5. The maximum atomic E-state index is 11.8. The molecule has 0 heterocycles. The fourth-order valence-corrected chi connectivity index (χ4v) is 3.09. The van der Waals surface area contributed by atoms with Crippen molar-refractivity contribution in [3.63, 3.8) is 0 Å².